The van der Waals surface area contributed by atoms with Crippen molar-refractivity contribution in [3.63, 3.8) is 0 Å². The highest BCUT2D eigenvalue weighted by Gasteiger charge is 2.13. The minimum atomic E-state index is -1.52. The number of rotatable bonds is 7. The molecule has 0 saturated carbocycles. The third kappa shape index (κ3) is 4.55. The third-order valence-electron chi connectivity index (χ3n) is 4.00. The Morgan fingerprint density at radius 2 is 1.89 bits per heavy atom. The van der Waals surface area contributed by atoms with Crippen LogP contribution < -0.4 is 16.3 Å². The number of hydrogen-bond acceptors (Lipinski definition) is 4. The summed E-state index contributed by atoms with van der Waals surface area (Å²) in [7, 11) is -1.52. The number of fused-ring (bicyclic) bond motifs is 1. The van der Waals surface area contributed by atoms with E-state index in [2.05, 4.69) is 15.6 Å². The molecule has 2 amide bonds. The first-order chi connectivity index (χ1) is 13.5. The largest absolute Gasteiger partial charge is 0.356 e. The van der Waals surface area contributed by atoms with Crippen molar-refractivity contribution >= 4 is 39.3 Å². The molecule has 0 saturated heterocycles. The van der Waals surface area contributed by atoms with Gasteiger partial charge in [-0.25, -0.2) is 4.79 Å². The second-order valence-corrected chi connectivity index (χ2v) is 7.50. The normalized spacial score (nSPS) is 11.9. The van der Waals surface area contributed by atoms with E-state index in [0.717, 1.165) is 0 Å². The summed E-state index contributed by atoms with van der Waals surface area (Å²) in [4.78, 5) is 39.2. The molecule has 1 heterocycles. The van der Waals surface area contributed by atoms with Gasteiger partial charge in [-0.2, -0.15) is 0 Å². The Morgan fingerprint density at radius 1 is 1.11 bits per heavy atom. The second-order valence-electron chi connectivity index (χ2n) is 6.05. The number of aromatic nitrogens is 2. The maximum Gasteiger partial charge on any atom is 0.326 e. The Bertz CT molecular complexity index is 1100. The van der Waals surface area contributed by atoms with Crippen molar-refractivity contribution in [1.82, 2.24) is 14.9 Å². The number of hydrogen-bond donors (Lipinski definition) is 3. The number of nitrogens with one attached hydrogen (secondary N) is 3. The number of para-hydroxylation sites is 2. The molecule has 1 atom stereocenters. The van der Waals surface area contributed by atoms with Crippen LogP contribution in [0.15, 0.2) is 58.2 Å². The smallest absolute Gasteiger partial charge is 0.326 e. The zero-order valence-electron chi connectivity index (χ0n) is 15.2. The van der Waals surface area contributed by atoms with Crippen LogP contribution in [0.2, 0.25) is 0 Å². The predicted octanol–water partition coefficient (Wildman–Crippen LogP) is 1.21. The van der Waals surface area contributed by atoms with Crippen LogP contribution in [0.5, 0.6) is 0 Å². The summed E-state index contributed by atoms with van der Waals surface area (Å²) in [5.74, 6) is -0.830. The van der Waals surface area contributed by atoms with Crippen LogP contribution in [0.25, 0.3) is 11.0 Å². The number of aromatic amines is 1. The monoisotopic (exact) mass is 400 g/mol. The van der Waals surface area contributed by atoms with Gasteiger partial charge < -0.3 is 15.6 Å². The van der Waals surface area contributed by atoms with Crippen LogP contribution >= 0.6 is 0 Å². The predicted molar refractivity (Wildman–Crippen MR) is 108 cm³/mol. The Labute approximate surface area is 163 Å². The first-order valence-electron chi connectivity index (χ1n) is 8.70. The van der Waals surface area contributed by atoms with Gasteiger partial charge in [-0.3, -0.25) is 18.4 Å². The van der Waals surface area contributed by atoms with Gasteiger partial charge >= 0.3 is 5.69 Å². The van der Waals surface area contributed by atoms with Crippen molar-refractivity contribution in [2.75, 3.05) is 17.6 Å². The lowest BCUT2D eigenvalue weighted by atomic mass is 10.3. The van der Waals surface area contributed by atoms with Gasteiger partial charge in [0.15, 0.2) is 0 Å². The van der Waals surface area contributed by atoms with E-state index in [1.807, 2.05) is 0 Å². The van der Waals surface area contributed by atoms with Gasteiger partial charge in [-0.05, 0) is 37.3 Å². The van der Waals surface area contributed by atoms with Crippen molar-refractivity contribution < 1.29 is 13.8 Å². The van der Waals surface area contributed by atoms with E-state index in [9.17, 15) is 18.6 Å². The van der Waals surface area contributed by atoms with Crippen LogP contribution in [0, 0.1) is 0 Å². The SMILES string of the molecule is CCNC(=O)CS(=O)c1cccc(NC(=O)Cn2c(=O)[nH]c3ccccc32)c1. The molecule has 0 aliphatic carbocycles. The minimum Gasteiger partial charge on any atom is -0.356 e. The fourth-order valence-corrected chi connectivity index (χ4v) is 3.77. The highest BCUT2D eigenvalue weighted by molar-refractivity contribution is 7.85. The summed E-state index contributed by atoms with van der Waals surface area (Å²) < 4.78 is 13.7. The number of nitrogens with zero attached hydrogens (tertiary/aromatic N) is 1. The molecule has 2 aromatic carbocycles. The molecule has 28 heavy (non-hydrogen) atoms. The van der Waals surface area contributed by atoms with E-state index in [-0.39, 0.29) is 23.9 Å². The number of imidazole rings is 1. The van der Waals surface area contributed by atoms with Crippen LogP contribution in [0.1, 0.15) is 6.92 Å². The van der Waals surface area contributed by atoms with Crippen LogP contribution in [0.3, 0.4) is 0 Å². The van der Waals surface area contributed by atoms with E-state index in [1.165, 1.54) is 4.57 Å². The maximum atomic E-state index is 12.4. The summed E-state index contributed by atoms with van der Waals surface area (Å²) >= 11 is 0. The lowest BCUT2D eigenvalue weighted by Gasteiger charge is -2.08. The van der Waals surface area contributed by atoms with Gasteiger partial charge in [-0.15, -0.1) is 0 Å². The zero-order valence-corrected chi connectivity index (χ0v) is 16.0. The second kappa shape index (κ2) is 8.66. The number of carbonyl (C=O) groups excluding carboxylic acids is 2. The summed E-state index contributed by atoms with van der Waals surface area (Å²) in [6.45, 7) is 2.10. The average Bonchev–Trinajstić information content (AvgIpc) is 2.97. The van der Waals surface area contributed by atoms with Crippen molar-refractivity contribution in [2.24, 2.45) is 0 Å². The van der Waals surface area contributed by atoms with E-state index in [4.69, 9.17) is 0 Å². The molecule has 146 valence electrons. The Kier molecular flexibility index (Phi) is 6.05. The van der Waals surface area contributed by atoms with E-state index in [0.29, 0.717) is 28.2 Å². The standard InChI is InChI=1S/C19H20N4O4S/c1-2-20-18(25)12-28(27)14-7-5-6-13(10-14)21-17(24)11-23-16-9-4-3-8-15(16)22-19(23)26/h3-10H,2,11-12H2,1H3,(H,20,25)(H,21,24)(H,22,26). The van der Waals surface area contributed by atoms with Gasteiger partial charge in [0.25, 0.3) is 0 Å². The van der Waals surface area contributed by atoms with Crippen LogP contribution in [-0.2, 0) is 26.9 Å². The molecule has 0 radical (unpaired) electrons. The van der Waals surface area contributed by atoms with Crippen molar-refractivity contribution in [2.45, 2.75) is 18.4 Å². The van der Waals surface area contributed by atoms with E-state index >= 15 is 0 Å². The molecular formula is C19H20N4O4S. The molecule has 3 rings (SSSR count). The van der Waals surface area contributed by atoms with Gasteiger partial charge in [0.1, 0.15) is 12.3 Å². The van der Waals surface area contributed by atoms with Crippen LogP contribution in [-0.4, -0.2) is 37.9 Å². The number of carbonyl (C=O) groups is 2. The summed E-state index contributed by atoms with van der Waals surface area (Å²) in [5.41, 5.74) is 1.37. The van der Waals surface area contributed by atoms with Crippen molar-refractivity contribution in [3.05, 3.63) is 59.0 Å². The van der Waals surface area contributed by atoms with Crippen LogP contribution in [0.4, 0.5) is 5.69 Å². The molecule has 0 fully saturated rings. The number of amides is 2. The third-order valence-corrected chi connectivity index (χ3v) is 5.30. The van der Waals surface area contributed by atoms with Crippen molar-refractivity contribution in [1.29, 1.82) is 0 Å². The summed E-state index contributed by atoms with van der Waals surface area (Å²) in [5, 5.41) is 5.30. The van der Waals surface area contributed by atoms with Gasteiger partial charge in [0.2, 0.25) is 11.8 Å². The number of anilines is 1. The highest BCUT2D eigenvalue weighted by atomic mass is 32.2. The van der Waals surface area contributed by atoms with E-state index < -0.39 is 16.7 Å². The Morgan fingerprint density at radius 3 is 2.68 bits per heavy atom. The molecule has 0 spiro atoms. The quantitative estimate of drug-likeness (QED) is 0.553. The molecule has 9 heteroatoms. The number of benzene rings is 2. The molecule has 3 aromatic rings. The Balaban J connectivity index is 1.70. The molecule has 0 bridgehead atoms. The topological polar surface area (TPSA) is 113 Å². The molecule has 0 aliphatic rings. The molecule has 3 N–H and O–H groups in total. The fraction of sp³-hybridized carbons (Fsp3) is 0.211. The first-order valence-corrected chi connectivity index (χ1v) is 10.0. The van der Waals surface area contributed by atoms with Gasteiger partial charge in [0, 0.05) is 17.1 Å². The molecule has 1 unspecified atom stereocenters. The summed E-state index contributed by atoms with van der Waals surface area (Å²) in [6, 6.07) is 13.6. The van der Waals surface area contributed by atoms with E-state index in [1.54, 1.807) is 55.5 Å². The van der Waals surface area contributed by atoms with Gasteiger partial charge in [-0.1, -0.05) is 18.2 Å². The molecular weight excluding hydrogens is 380 g/mol. The molecule has 8 nitrogen and oxygen atoms in total. The average molecular weight is 400 g/mol. The maximum absolute atomic E-state index is 12.4. The fourth-order valence-electron chi connectivity index (χ4n) is 2.77. The molecule has 0 aliphatic heterocycles. The minimum absolute atomic E-state index is 0.143. The first kappa shape index (κ1) is 19.6. The number of H-pyrrole nitrogens is 1. The Hall–Kier alpha value is -3.20. The molecule has 1 aromatic heterocycles. The lowest BCUT2D eigenvalue weighted by Crippen LogP contribution is -2.28. The highest BCUT2D eigenvalue weighted by Crippen LogP contribution is 2.15. The zero-order chi connectivity index (χ0) is 20.1. The lowest BCUT2D eigenvalue weighted by molar-refractivity contribution is -0.118. The van der Waals surface area contributed by atoms with Crippen molar-refractivity contribution in [3.8, 4) is 0 Å². The van der Waals surface area contributed by atoms with Gasteiger partial charge in [0.05, 0.1) is 21.8 Å². The summed E-state index contributed by atoms with van der Waals surface area (Å²) in [6.07, 6.45) is 0.